The Hall–Kier alpha value is -0.310. The molecule has 1 aliphatic rings. The molecule has 1 aromatic rings. The standard InChI is InChI=1S/C12H14Cl2FN/c13-9-1-2-11(14)8(5-9)6-12(15)4-3-10(16)7-12/h1-2,5,10H,3-4,6-7,16H2. The fourth-order valence-electron chi connectivity index (χ4n) is 2.30. The van der Waals surface area contributed by atoms with Crippen LogP contribution in [0.5, 0.6) is 0 Å². The highest BCUT2D eigenvalue weighted by Gasteiger charge is 2.38. The summed E-state index contributed by atoms with van der Waals surface area (Å²) in [4.78, 5) is 0. The van der Waals surface area contributed by atoms with Crippen LogP contribution in [-0.2, 0) is 6.42 Å². The molecule has 2 rings (SSSR count). The summed E-state index contributed by atoms with van der Waals surface area (Å²) in [6.07, 6.45) is 1.97. The van der Waals surface area contributed by atoms with Gasteiger partial charge in [0.05, 0.1) is 0 Å². The minimum absolute atomic E-state index is 0.0250. The molecule has 1 aliphatic carbocycles. The van der Waals surface area contributed by atoms with E-state index < -0.39 is 5.67 Å². The first-order valence-electron chi connectivity index (χ1n) is 5.37. The molecular weight excluding hydrogens is 248 g/mol. The molecule has 1 nitrogen and oxygen atoms in total. The van der Waals surface area contributed by atoms with Gasteiger partial charge in [0, 0.05) is 22.5 Å². The zero-order chi connectivity index (χ0) is 11.8. The first-order valence-corrected chi connectivity index (χ1v) is 6.12. The van der Waals surface area contributed by atoms with Crippen molar-refractivity contribution in [2.24, 2.45) is 5.73 Å². The lowest BCUT2D eigenvalue weighted by Gasteiger charge is -2.20. The van der Waals surface area contributed by atoms with E-state index in [0.29, 0.717) is 29.3 Å². The van der Waals surface area contributed by atoms with Gasteiger partial charge >= 0.3 is 0 Å². The minimum Gasteiger partial charge on any atom is -0.328 e. The SMILES string of the molecule is NC1CCC(F)(Cc2cc(Cl)ccc2Cl)C1. The second-order valence-corrected chi connectivity index (χ2v) is 5.41. The van der Waals surface area contributed by atoms with Crippen LogP contribution in [0.3, 0.4) is 0 Å². The van der Waals surface area contributed by atoms with Crippen LogP contribution in [0, 0.1) is 0 Å². The maximum absolute atomic E-state index is 14.4. The van der Waals surface area contributed by atoms with Gasteiger partial charge in [0.15, 0.2) is 0 Å². The summed E-state index contributed by atoms with van der Waals surface area (Å²) in [5.74, 6) is 0. The van der Waals surface area contributed by atoms with Gasteiger partial charge in [0.2, 0.25) is 0 Å². The molecule has 0 spiro atoms. The highest BCUT2D eigenvalue weighted by Crippen LogP contribution is 2.37. The molecule has 88 valence electrons. The highest BCUT2D eigenvalue weighted by atomic mass is 35.5. The summed E-state index contributed by atoms with van der Waals surface area (Å²) in [5.41, 5.74) is 5.29. The number of nitrogens with two attached hydrogens (primary N) is 1. The van der Waals surface area contributed by atoms with E-state index in [0.717, 1.165) is 12.0 Å². The molecule has 0 heterocycles. The van der Waals surface area contributed by atoms with Crippen molar-refractivity contribution in [1.82, 2.24) is 0 Å². The third-order valence-corrected chi connectivity index (χ3v) is 3.71. The molecule has 1 saturated carbocycles. The Labute approximate surface area is 105 Å². The lowest BCUT2D eigenvalue weighted by molar-refractivity contribution is 0.170. The van der Waals surface area contributed by atoms with Gasteiger partial charge in [-0.3, -0.25) is 0 Å². The molecule has 4 heteroatoms. The van der Waals surface area contributed by atoms with Crippen molar-refractivity contribution in [3.05, 3.63) is 33.8 Å². The Bertz CT molecular complexity index is 397. The van der Waals surface area contributed by atoms with E-state index in [1.165, 1.54) is 0 Å². The predicted molar refractivity (Wildman–Crippen MR) is 65.8 cm³/mol. The van der Waals surface area contributed by atoms with Gasteiger partial charge < -0.3 is 5.73 Å². The predicted octanol–water partition coefficient (Wildman–Crippen LogP) is 3.76. The van der Waals surface area contributed by atoms with Gasteiger partial charge in [-0.15, -0.1) is 0 Å². The van der Waals surface area contributed by atoms with Crippen molar-refractivity contribution in [1.29, 1.82) is 0 Å². The van der Waals surface area contributed by atoms with Crippen molar-refractivity contribution in [3.8, 4) is 0 Å². The van der Waals surface area contributed by atoms with Gasteiger partial charge in [-0.1, -0.05) is 23.2 Å². The molecule has 0 bridgehead atoms. The Balaban J connectivity index is 2.17. The quantitative estimate of drug-likeness (QED) is 0.862. The van der Waals surface area contributed by atoms with Crippen molar-refractivity contribution in [3.63, 3.8) is 0 Å². The van der Waals surface area contributed by atoms with Gasteiger partial charge in [-0.05, 0) is 43.0 Å². The number of benzene rings is 1. The number of hydrogen-bond donors (Lipinski definition) is 1. The van der Waals surface area contributed by atoms with E-state index in [1.807, 2.05) is 0 Å². The molecule has 0 radical (unpaired) electrons. The Morgan fingerprint density at radius 1 is 1.44 bits per heavy atom. The van der Waals surface area contributed by atoms with E-state index in [9.17, 15) is 4.39 Å². The first kappa shape index (κ1) is 12.2. The average molecular weight is 262 g/mol. The summed E-state index contributed by atoms with van der Waals surface area (Å²) in [6, 6.07) is 5.12. The molecule has 2 N–H and O–H groups in total. The Morgan fingerprint density at radius 3 is 2.81 bits per heavy atom. The minimum atomic E-state index is -1.21. The van der Waals surface area contributed by atoms with Crippen LogP contribution in [0.4, 0.5) is 4.39 Å². The second kappa shape index (κ2) is 4.52. The fourth-order valence-corrected chi connectivity index (χ4v) is 2.68. The molecule has 16 heavy (non-hydrogen) atoms. The van der Waals surface area contributed by atoms with Crippen LogP contribution in [0.15, 0.2) is 18.2 Å². The molecular formula is C12H14Cl2FN. The van der Waals surface area contributed by atoms with E-state index >= 15 is 0 Å². The third-order valence-electron chi connectivity index (χ3n) is 3.11. The van der Waals surface area contributed by atoms with Crippen molar-refractivity contribution >= 4 is 23.2 Å². The lowest BCUT2D eigenvalue weighted by atomic mass is 9.94. The third kappa shape index (κ3) is 2.68. The molecule has 0 aromatic heterocycles. The van der Waals surface area contributed by atoms with Crippen LogP contribution < -0.4 is 5.73 Å². The van der Waals surface area contributed by atoms with Gasteiger partial charge in [-0.2, -0.15) is 0 Å². The van der Waals surface area contributed by atoms with Crippen LogP contribution in [0.1, 0.15) is 24.8 Å². The van der Waals surface area contributed by atoms with Gasteiger partial charge in [0.25, 0.3) is 0 Å². The van der Waals surface area contributed by atoms with Gasteiger partial charge in [0.1, 0.15) is 5.67 Å². The smallest absolute Gasteiger partial charge is 0.116 e. The topological polar surface area (TPSA) is 26.0 Å². The summed E-state index contributed by atoms with van der Waals surface area (Å²) < 4.78 is 14.4. The molecule has 0 aliphatic heterocycles. The maximum atomic E-state index is 14.4. The summed E-state index contributed by atoms with van der Waals surface area (Å²) >= 11 is 11.9. The van der Waals surface area contributed by atoms with Crippen molar-refractivity contribution in [2.75, 3.05) is 0 Å². The Morgan fingerprint density at radius 2 is 2.19 bits per heavy atom. The number of halogens is 3. The molecule has 1 fully saturated rings. The molecule has 0 saturated heterocycles. The van der Waals surface area contributed by atoms with Crippen LogP contribution in [0.2, 0.25) is 10.0 Å². The van der Waals surface area contributed by atoms with E-state index in [2.05, 4.69) is 0 Å². The molecule has 2 atom stereocenters. The summed E-state index contributed by atoms with van der Waals surface area (Å²) in [7, 11) is 0. The van der Waals surface area contributed by atoms with E-state index in [4.69, 9.17) is 28.9 Å². The van der Waals surface area contributed by atoms with E-state index in [-0.39, 0.29) is 6.04 Å². The molecule has 1 aromatic carbocycles. The molecule has 0 amide bonds. The van der Waals surface area contributed by atoms with Crippen molar-refractivity contribution < 1.29 is 4.39 Å². The van der Waals surface area contributed by atoms with E-state index in [1.54, 1.807) is 18.2 Å². The number of hydrogen-bond acceptors (Lipinski definition) is 1. The number of rotatable bonds is 2. The lowest BCUT2D eigenvalue weighted by Crippen LogP contribution is -2.25. The monoisotopic (exact) mass is 261 g/mol. The first-order chi connectivity index (χ1) is 7.48. The van der Waals surface area contributed by atoms with Crippen LogP contribution in [0.25, 0.3) is 0 Å². The normalized spacial score (nSPS) is 29.6. The number of alkyl halides is 1. The maximum Gasteiger partial charge on any atom is 0.116 e. The van der Waals surface area contributed by atoms with Gasteiger partial charge in [-0.25, -0.2) is 4.39 Å². The summed E-state index contributed by atoms with van der Waals surface area (Å²) in [6.45, 7) is 0. The summed E-state index contributed by atoms with van der Waals surface area (Å²) in [5, 5.41) is 1.16. The fraction of sp³-hybridized carbons (Fsp3) is 0.500. The van der Waals surface area contributed by atoms with Crippen LogP contribution >= 0.6 is 23.2 Å². The zero-order valence-corrected chi connectivity index (χ0v) is 10.4. The average Bonchev–Trinajstić information content (AvgIpc) is 2.52. The zero-order valence-electron chi connectivity index (χ0n) is 8.85. The Kier molecular flexibility index (Phi) is 3.43. The van der Waals surface area contributed by atoms with Crippen LogP contribution in [-0.4, -0.2) is 11.7 Å². The molecule has 2 unspecified atom stereocenters. The highest BCUT2D eigenvalue weighted by molar-refractivity contribution is 6.33. The van der Waals surface area contributed by atoms with Crippen molar-refractivity contribution in [2.45, 2.75) is 37.4 Å². The second-order valence-electron chi connectivity index (χ2n) is 4.57. The largest absolute Gasteiger partial charge is 0.328 e.